The number of carbonyl (C=O) groups excluding carboxylic acids is 1. The maximum atomic E-state index is 12.8. The lowest BCUT2D eigenvalue weighted by molar-refractivity contribution is -0.132. The van der Waals surface area contributed by atoms with Crippen molar-refractivity contribution >= 4 is 11.6 Å². The minimum Gasteiger partial charge on any atom is -0.334 e. The summed E-state index contributed by atoms with van der Waals surface area (Å²) in [6.45, 7) is 8.11. The van der Waals surface area contributed by atoms with Gasteiger partial charge in [0.2, 0.25) is 5.91 Å². The molecule has 3 aromatic rings. The SMILES string of the molecule is Cc1ccc(CN2Cc3cc4c(cc3CC2=O)CN=C4c2cc(C)nc(C)c2)cc1. The van der Waals surface area contributed by atoms with Crippen LogP contribution < -0.4 is 0 Å². The predicted molar refractivity (Wildman–Crippen MR) is 119 cm³/mol. The normalized spacial score (nSPS) is 15.1. The lowest BCUT2D eigenvalue weighted by Crippen LogP contribution is -2.35. The number of aryl methyl sites for hydroxylation is 3. The molecule has 1 aromatic heterocycles. The molecule has 0 spiro atoms. The molecular formula is C26H25N3O. The van der Waals surface area contributed by atoms with Crippen LogP contribution in [0.15, 0.2) is 53.5 Å². The van der Waals surface area contributed by atoms with Crippen molar-refractivity contribution in [2.24, 2.45) is 4.99 Å². The van der Waals surface area contributed by atoms with Gasteiger partial charge in [-0.1, -0.05) is 35.9 Å². The van der Waals surface area contributed by atoms with Crippen LogP contribution in [0.25, 0.3) is 0 Å². The van der Waals surface area contributed by atoms with Crippen molar-refractivity contribution in [1.29, 1.82) is 0 Å². The lowest BCUT2D eigenvalue weighted by atomic mass is 9.91. The predicted octanol–water partition coefficient (Wildman–Crippen LogP) is 4.44. The van der Waals surface area contributed by atoms with Gasteiger partial charge in [-0.05, 0) is 61.2 Å². The Labute approximate surface area is 177 Å². The Balaban J connectivity index is 1.46. The largest absolute Gasteiger partial charge is 0.334 e. The van der Waals surface area contributed by atoms with Crippen molar-refractivity contribution in [3.8, 4) is 0 Å². The molecule has 2 aliphatic heterocycles. The van der Waals surface area contributed by atoms with Crippen LogP contribution >= 0.6 is 0 Å². The van der Waals surface area contributed by atoms with Crippen molar-refractivity contribution in [1.82, 2.24) is 9.88 Å². The highest BCUT2D eigenvalue weighted by Crippen LogP contribution is 2.30. The van der Waals surface area contributed by atoms with Gasteiger partial charge in [0.05, 0.1) is 18.7 Å². The molecule has 2 aromatic carbocycles. The molecule has 3 heterocycles. The van der Waals surface area contributed by atoms with Gasteiger partial charge in [-0.25, -0.2) is 0 Å². The molecule has 0 fully saturated rings. The van der Waals surface area contributed by atoms with Crippen molar-refractivity contribution < 1.29 is 4.79 Å². The van der Waals surface area contributed by atoms with E-state index in [4.69, 9.17) is 4.99 Å². The van der Waals surface area contributed by atoms with E-state index >= 15 is 0 Å². The second-order valence-corrected chi connectivity index (χ2v) is 8.49. The van der Waals surface area contributed by atoms with E-state index in [2.05, 4.69) is 60.4 Å². The van der Waals surface area contributed by atoms with E-state index in [0.717, 1.165) is 28.2 Å². The van der Waals surface area contributed by atoms with E-state index in [1.54, 1.807) is 0 Å². The van der Waals surface area contributed by atoms with E-state index in [-0.39, 0.29) is 5.91 Å². The molecular weight excluding hydrogens is 370 g/mol. The molecule has 0 radical (unpaired) electrons. The van der Waals surface area contributed by atoms with E-state index < -0.39 is 0 Å². The zero-order valence-electron chi connectivity index (χ0n) is 17.7. The number of fused-ring (bicyclic) bond motifs is 2. The number of benzene rings is 2. The number of hydrogen-bond donors (Lipinski definition) is 0. The zero-order chi connectivity index (χ0) is 20.8. The molecule has 5 rings (SSSR count). The Hall–Kier alpha value is -3.27. The first-order chi connectivity index (χ1) is 14.5. The number of nitrogens with zero attached hydrogens (tertiary/aromatic N) is 3. The van der Waals surface area contributed by atoms with E-state index in [9.17, 15) is 4.79 Å². The fraction of sp³-hybridized carbons (Fsp3) is 0.269. The van der Waals surface area contributed by atoms with Gasteiger partial charge in [0.15, 0.2) is 0 Å². The molecule has 1 amide bonds. The summed E-state index contributed by atoms with van der Waals surface area (Å²) < 4.78 is 0. The standard InChI is InChI=1S/C26H25N3O/c1-16-4-6-19(7-5-16)14-29-15-23-11-24-22(10-20(23)12-25(29)30)13-27-26(24)21-8-17(2)28-18(3)9-21/h4-11H,12-15H2,1-3H3. The Morgan fingerprint density at radius 3 is 2.37 bits per heavy atom. The molecule has 0 unspecified atom stereocenters. The summed E-state index contributed by atoms with van der Waals surface area (Å²) in [6, 6.07) is 17.1. The van der Waals surface area contributed by atoms with E-state index in [1.807, 2.05) is 18.7 Å². The molecule has 0 atom stereocenters. The highest BCUT2D eigenvalue weighted by atomic mass is 16.2. The average molecular weight is 396 g/mol. The maximum Gasteiger partial charge on any atom is 0.227 e. The van der Waals surface area contributed by atoms with Crippen LogP contribution in [0.4, 0.5) is 0 Å². The van der Waals surface area contributed by atoms with Gasteiger partial charge in [-0.15, -0.1) is 0 Å². The molecule has 0 bridgehead atoms. The monoisotopic (exact) mass is 395 g/mol. The zero-order valence-corrected chi connectivity index (χ0v) is 17.7. The van der Waals surface area contributed by atoms with Gasteiger partial charge in [0.25, 0.3) is 0 Å². The van der Waals surface area contributed by atoms with Crippen LogP contribution in [0, 0.1) is 20.8 Å². The quantitative estimate of drug-likeness (QED) is 0.658. The van der Waals surface area contributed by atoms with E-state index in [1.165, 1.54) is 27.8 Å². The molecule has 30 heavy (non-hydrogen) atoms. The van der Waals surface area contributed by atoms with Crippen LogP contribution in [0.2, 0.25) is 0 Å². The highest BCUT2D eigenvalue weighted by molar-refractivity contribution is 6.15. The van der Waals surface area contributed by atoms with Crippen LogP contribution in [0.1, 0.15) is 50.3 Å². The summed E-state index contributed by atoms with van der Waals surface area (Å²) in [5, 5.41) is 0. The minimum absolute atomic E-state index is 0.197. The number of pyridine rings is 1. The summed E-state index contributed by atoms with van der Waals surface area (Å²) in [4.78, 5) is 24.1. The Morgan fingerprint density at radius 1 is 0.900 bits per heavy atom. The molecule has 0 saturated heterocycles. The summed E-state index contributed by atoms with van der Waals surface area (Å²) >= 11 is 0. The molecule has 2 aliphatic rings. The summed E-state index contributed by atoms with van der Waals surface area (Å²) in [7, 11) is 0. The van der Waals surface area contributed by atoms with Gasteiger partial charge >= 0.3 is 0 Å². The Kier molecular flexibility index (Phi) is 4.50. The van der Waals surface area contributed by atoms with Crippen LogP contribution in [-0.2, 0) is 30.8 Å². The Morgan fingerprint density at radius 2 is 1.63 bits per heavy atom. The van der Waals surface area contributed by atoms with Crippen LogP contribution in [-0.4, -0.2) is 21.5 Å². The topological polar surface area (TPSA) is 45.6 Å². The molecule has 0 saturated carbocycles. The third-order valence-corrected chi connectivity index (χ3v) is 5.99. The number of amides is 1. The minimum atomic E-state index is 0.197. The van der Waals surface area contributed by atoms with Crippen molar-refractivity contribution in [2.45, 2.75) is 46.8 Å². The third kappa shape index (κ3) is 3.43. The molecule has 0 aliphatic carbocycles. The van der Waals surface area contributed by atoms with Crippen molar-refractivity contribution in [2.75, 3.05) is 0 Å². The average Bonchev–Trinajstić information content (AvgIpc) is 3.10. The van der Waals surface area contributed by atoms with Gasteiger partial charge in [-0.2, -0.15) is 0 Å². The second kappa shape index (κ2) is 7.21. The van der Waals surface area contributed by atoms with Gasteiger partial charge in [0, 0.05) is 35.6 Å². The number of aliphatic imine (C=N–C) groups is 1. The van der Waals surface area contributed by atoms with Gasteiger partial charge in [0.1, 0.15) is 0 Å². The Bertz CT molecular complexity index is 1170. The first kappa shape index (κ1) is 18.7. The summed E-state index contributed by atoms with van der Waals surface area (Å²) in [5.41, 5.74) is 11.4. The molecule has 0 N–H and O–H groups in total. The number of aromatic nitrogens is 1. The smallest absolute Gasteiger partial charge is 0.227 e. The van der Waals surface area contributed by atoms with Gasteiger partial charge in [-0.3, -0.25) is 14.8 Å². The molecule has 150 valence electrons. The fourth-order valence-electron chi connectivity index (χ4n) is 4.50. The maximum absolute atomic E-state index is 12.8. The number of carbonyl (C=O) groups is 1. The highest BCUT2D eigenvalue weighted by Gasteiger charge is 2.27. The number of hydrogen-bond acceptors (Lipinski definition) is 3. The van der Waals surface area contributed by atoms with Crippen molar-refractivity contribution in [3.63, 3.8) is 0 Å². The fourth-order valence-corrected chi connectivity index (χ4v) is 4.50. The number of rotatable bonds is 3. The summed E-state index contributed by atoms with van der Waals surface area (Å²) in [5.74, 6) is 0.197. The first-order valence-electron chi connectivity index (χ1n) is 10.4. The van der Waals surface area contributed by atoms with Crippen molar-refractivity contribution in [3.05, 3.63) is 98.9 Å². The van der Waals surface area contributed by atoms with Crippen LogP contribution in [0.3, 0.4) is 0 Å². The van der Waals surface area contributed by atoms with Gasteiger partial charge < -0.3 is 4.90 Å². The lowest BCUT2D eigenvalue weighted by Gasteiger charge is -2.29. The molecule has 4 heteroatoms. The molecule has 4 nitrogen and oxygen atoms in total. The van der Waals surface area contributed by atoms with Crippen LogP contribution in [0.5, 0.6) is 0 Å². The second-order valence-electron chi connectivity index (χ2n) is 8.49. The first-order valence-corrected chi connectivity index (χ1v) is 10.4. The third-order valence-electron chi connectivity index (χ3n) is 5.99. The van der Waals surface area contributed by atoms with E-state index in [0.29, 0.717) is 26.1 Å². The summed E-state index contributed by atoms with van der Waals surface area (Å²) in [6.07, 6.45) is 0.470.